The first kappa shape index (κ1) is 11.9. The van der Waals surface area contributed by atoms with Gasteiger partial charge in [-0.2, -0.15) is 0 Å². The highest BCUT2D eigenvalue weighted by atomic mass is 32.1. The van der Waals surface area contributed by atoms with Gasteiger partial charge in [0.25, 0.3) is 0 Å². The number of morpholine rings is 1. The summed E-state index contributed by atoms with van der Waals surface area (Å²) in [7, 11) is 0. The second-order valence-electron chi connectivity index (χ2n) is 4.49. The SMILES string of the molecule is c1cc(-c2csc(CCC3COCCN3)n2)c[nH]1. The van der Waals surface area contributed by atoms with Gasteiger partial charge in [0, 0.05) is 42.3 Å². The van der Waals surface area contributed by atoms with Gasteiger partial charge in [-0.25, -0.2) is 4.98 Å². The Labute approximate surface area is 110 Å². The number of ether oxygens (including phenoxy) is 1. The van der Waals surface area contributed by atoms with Crippen LogP contribution in [0.1, 0.15) is 11.4 Å². The van der Waals surface area contributed by atoms with Crippen molar-refractivity contribution >= 4 is 11.3 Å². The van der Waals surface area contributed by atoms with Crippen molar-refractivity contribution in [3.8, 4) is 11.3 Å². The number of nitrogens with zero attached hydrogens (tertiary/aromatic N) is 1. The summed E-state index contributed by atoms with van der Waals surface area (Å²) in [6.45, 7) is 2.64. The third-order valence-electron chi connectivity index (χ3n) is 3.15. The third-order valence-corrected chi connectivity index (χ3v) is 4.06. The molecule has 1 atom stereocenters. The lowest BCUT2D eigenvalue weighted by atomic mass is 10.1. The Kier molecular flexibility index (Phi) is 3.73. The maximum atomic E-state index is 5.45. The lowest BCUT2D eigenvalue weighted by Gasteiger charge is -2.23. The molecule has 0 aliphatic carbocycles. The quantitative estimate of drug-likeness (QED) is 0.887. The smallest absolute Gasteiger partial charge is 0.0933 e. The Morgan fingerprint density at radius 2 is 2.50 bits per heavy atom. The maximum absolute atomic E-state index is 5.45. The van der Waals surface area contributed by atoms with Crippen molar-refractivity contribution in [1.82, 2.24) is 15.3 Å². The number of aromatic nitrogens is 2. The zero-order valence-electron chi connectivity index (χ0n) is 10.2. The van der Waals surface area contributed by atoms with Gasteiger partial charge in [0.1, 0.15) is 0 Å². The highest BCUT2D eigenvalue weighted by Crippen LogP contribution is 2.22. The normalized spacial score (nSPS) is 20.1. The molecule has 3 rings (SSSR count). The monoisotopic (exact) mass is 263 g/mol. The van der Waals surface area contributed by atoms with Crippen LogP contribution < -0.4 is 5.32 Å². The van der Waals surface area contributed by atoms with Gasteiger partial charge < -0.3 is 15.0 Å². The number of thiazole rings is 1. The van der Waals surface area contributed by atoms with Crippen LogP contribution >= 0.6 is 11.3 Å². The Hall–Kier alpha value is -1.17. The van der Waals surface area contributed by atoms with E-state index in [9.17, 15) is 0 Å². The van der Waals surface area contributed by atoms with Crippen LogP contribution in [0.25, 0.3) is 11.3 Å². The second kappa shape index (κ2) is 5.65. The Balaban J connectivity index is 1.57. The summed E-state index contributed by atoms with van der Waals surface area (Å²) in [5.74, 6) is 0. The third kappa shape index (κ3) is 2.80. The Bertz CT molecular complexity index is 474. The largest absolute Gasteiger partial charge is 0.379 e. The summed E-state index contributed by atoms with van der Waals surface area (Å²) in [5, 5.41) is 6.81. The average Bonchev–Trinajstić information content (AvgIpc) is 3.08. The average molecular weight is 263 g/mol. The van der Waals surface area contributed by atoms with E-state index in [0.29, 0.717) is 6.04 Å². The predicted molar refractivity (Wildman–Crippen MR) is 72.8 cm³/mol. The maximum Gasteiger partial charge on any atom is 0.0933 e. The lowest BCUT2D eigenvalue weighted by molar-refractivity contribution is 0.0743. The van der Waals surface area contributed by atoms with Gasteiger partial charge >= 0.3 is 0 Å². The van der Waals surface area contributed by atoms with Crippen LogP contribution in [0.4, 0.5) is 0 Å². The molecule has 0 radical (unpaired) electrons. The molecule has 2 N–H and O–H groups in total. The van der Waals surface area contributed by atoms with Gasteiger partial charge in [-0.1, -0.05) is 0 Å². The van der Waals surface area contributed by atoms with Gasteiger partial charge in [0.2, 0.25) is 0 Å². The van der Waals surface area contributed by atoms with Crippen LogP contribution in [0, 0.1) is 0 Å². The minimum Gasteiger partial charge on any atom is -0.379 e. The number of aryl methyl sites for hydroxylation is 1. The van der Waals surface area contributed by atoms with Gasteiger partial charge in [-0.05, 0) is 12.5 Å². The molecule has 1 aliphatic rings. The van der Waals surface area contributed by atoms with E-state index in [2.05, 4.69) is 26.7 Å². The lowest BCUT2D eigenvalue weighted by Crippen LogP contribution is -2.41. The molecular weight excluding hydrogens is 246 g/mol. The predicted octanol–water partition coefficient (Wildman–Crippen LogP) is 2.06. The molecular formula is C13H17N3OS. The molecule has 2 aromatic rings. The van der Waals surface area contributed by atoms with E-state index in [0.717, 1.165) is 43.9 Å². The highest BCUT2D eigenvalue weighted by molar-refractivity contribution is 7.09. The molecule has 1 unspecified atom stereocenters. The van der Waals surface area contributed by atoms with Crippen molar-refractivity contribution in [2.45, 2.75) is 18.9 Å². The molecule has 4 nitrogen and oxygen atoms in total. The first-order valence-corrected chi connectivity index (χ1v) is 7.18. The molecule has 0 amide bonds. The summed E-state index contributed by atoms with van der Waals surface area (Å²) in [4.78, 5) is 7.73. The van der Waals surface area contributed by atoms with E-state index in [1.165, 1.54) is 5.01 Å². The summed E-state index contributed by atoms with van der Waals surface area (Å²) < 4.78 is 5.45. The summed E-state index contributed by atoms with van der Waals surface area (Å²) in [6, 6.07) is 2.54. The van der Waals surface area contributed by atoms with Crippen LogP contribution in [0.5, 0.6) is 0 Å². The molecule has 0 aromatic carbocycles. The molecule has 3 heterocycles. The van der Waals surface area contributed by atoms with Gasteiger partial charge in [-0.15, -0.1) is 11.3 Å². The Morgan fingerprint density at radius 3 is 3.28 bits per heavy atom. The fourth-order valence-corrected chi connectivity index (χ4v) is 2.97. The fourth-order valence-electron chi connectivity index (χ4n) is 2.14. The minimum atomic E-state index is 0.485. The van der Waals surface area contributed by atoms with Crippen LogP contribution in [-0.2, 0) is 11.2 Å². The van der Waals surface area contributed by atoms with E-state index < -0.39 is 0 Å². The van der Waals surface area contributed by atoms with Gasteiger partial charge in [-0.3, -0.25) is 0 Å². The molecule has 2 aromatic heterocycles. The molecule has 1 saturated heterocycles. The molecule has 5 heteroatoms. The summed E-state index contributed by atoms with van der Waals surface area (Å²) in [5.41, 5.74) is 2.24. The van der Waals surface area contributed by atoms with Crippen LogP contribution in [0.15, 0.2) is 23.8 Å². The van der Waals surface area contributed by atoms with Crippen LogP contribution in [0.3, 0.4) is 0 Å². The number of nitrogens with one attached hydrogen (secondary N) is 2. The van der Waals surface area contributed by atoms with E-state index in [1.54, 1.807) is 11.3 Å². The Morgan fingerprint density at radius 1 is 1.50 bits per heavy atom. The van der Waals surface area contributed by atoms with Gasteiger partial charge in [0.15, 0.2) is 0 Å². The number of H-pyrrole nitrogens is 1. The van der Waals surface area contributed by atoms with E-state index in [-0.39, 0.29) is 0 Å². The fraction of sp³-hybridized carbons (Fsp3) is 0.462. The molecule has 0 saturated carbocycles. The summed E-state index contributed by atoms with van der Waals surface area (Å²) >= 11 is 1.74. The topological polar surface area (TPSA) is 49.9 Å². The van der Waals surface area contributed by atoms with E-state index in [1.807, 2.05) is 12.4 Å². The van der Waals surface area contributed by atoms with Crippen LogP contribution in [0.2, 0.25) is 0 Å². The molecule has 96 valence electrons. The van der Waals surface area contributed by atoms with Crippen molar-refractivity contribution in [2.75, 3.05) is 19.8 Å². The number of aromatic amines is 1. The minimum absolute atomic E-state index is 0.485. The standard InChI is InChI=1S/C13H17N3OS/c1(11-8-17-6-5-15-11)2-13-16-12(9-18-13)10-3-4-14-7-10/h3-4,7,9,11,14-15H,1-2,5-6,8H2. The first-order chi connectivity index (χ1) is 8.92. The molecule has 0 bridgehead atoms. The van der Waals surface area contributed by atoms with E-state index in [4.69, 9.17) is 4.74 Å². The van der Waals surface area contributed by atoms with Crippen molar-refractivity contribution < 1.29 is 4.74 Å². The molecule has 0 spiro atoms. The van der Waals surface area contributed by atoms with Crippen molar-refractivity contribution in [3.05, 3.63) is 28.8 Å². The molecule has 1 fully saturated rings. The number of rotatable bonds is 4. The van der Waals surface area contributed by atoms with Crippen molar-refractivity contribution in [3.63, 3.8) is 0 Å². The molecule has 1 aliphatic heterocycles. The number of hydrogen-bond acceptors (Lipinski definition) is 4. The van der Waals surface area contributed by atoms with Gasteiger partial charge in [0.05, 0.1) is 23.9 Å². The van der Waals surface area contributed by atoms with Crippen molar-refractivity contribution in [2.24, 2.45) is 0 Å². The first-order valence-electron chi connectivity index (χ1n) is 6.30. The second-order valence-corrected chi connectivity index (χ2v) is 5.43. The van der Waals surface area contributed by atoms with Crippen LogP contribution in [-0.4, -0.2) is 35.8 Å². The number of hydrogen-bond donors (Lipinski definition) is 2. The zero-order chi connectivity index (χ0) is 12.2. The summed E-state index contributed by atoms with van der Waals surface area (Å²) in [6.07, 6.45) is 6.03. The molecule has 18 heavy (non-hydrogen) atoms. The van der Waals surface area contributed by atoms with Crippen molar-refractivity contribution in [1.29, 1.82) is 0 Å². The highest BCUT2D eigenvalue weighted by Gasteiger charge is 2.13. The van der Waals surface area contributed by atoms with E-state index >= 15 is 0 Å². The zero-order valence-corrected chi connectivity index (χ0v) is 11.0.